The van der Waals surface area contributed by atoms with E-state index in [1.54, 1.807) is 6.92 Å². The van der Waals surface area contributed by atoms with Crippen molar-refractivity contribution in [3.8, 4) is 5.75 Å². The molecule has 18 heavy (non-hydrogen) atoms. The molecule has 3 N–H and O–H groups in total. The van der Waals surface area contributed by atoms with E-state index in [1.165, 1.54) is 24.3 Å². The maximum Gasteiger partial charge on any atom is 0.422 e. The Morgan fingerprint density at radius 3 is 2.11 bits per heavy atom. The summed E-state index contributed by atoms with van der Waals surface area (Å²) < 4.78 is 43.9. The van der Waals surface area contributed by atoms with Crippen molar-refractivity contribution >= 4 is 0 Å². The maximum absolute atomic E-state index is 12.9. The SMILES string of the molecule is CCOc1ccc(C(O)(C(C)N)C(F)(F)F)cc1. The Morgan fingerprint density at radius 2 is 1.78 bits per heavy atom. The van der Waals surface area contributed by atoms with E-state index in [0.29, 0.717) is 12.4 Å². The van der Waals surface area contributed by atoms with Crippen LogP contribution in [0.3, 0.4) is 0 Å². The van der Waals surface area contributed by atoms with Crippen LogP contribution in [0.25, 0.3) is 0 Å². The molecule has 1 rings (SSSR count). The smallest absolute Gasteiger partial charge is 0.422 e. The second-order valence-electron chi connectivity index (χ2n) is 4.01. The van der Waals surface area contributed by atoms with Gasteiger partial charge in [0.15, 0.2) is 0 Å². The number of nitrogens with two attached hydrogens (primary N) is 1. The highest BCUT2D eigenvalue weighted by atomic mass is 19.4. The normalized spacial score (nSPS) is 17.1. The van der Waals surface area contributed by atoms with Crippen LogP contribution in [-0.4, -0.2) is 23.9 Å². The van der Waals surface area contributed by atoms with E-state index < -0.39 is 17.8 Å². The maximum atomic E-state index is 12.9. The first-order valence-corrected chi connectivity index (χ1v) is 5.51. The van der Waals surface area contributed by atoms with Gasteiger partial charge in [0.05, 0.1) is 6.61 Å². The lowest BCUT2D eigenvalue weighted by Crippen LogP contribution is -2.54. The van der Waals surface area contributed by atoms with Gasteiger partial charge in [0.25, 0.3) is 0 Å². The molecule has 0 amide bonds. The zero-order valence-electron chi connectivity index (χ0n) is 10.2. The highest BCUT2D eigenvalue weighted by molar-refractivity contribution is 5.33. The standard InChI is InChI=1S/C12H16F3NO2/c1-3-18-10-6-4-9(5-7-10)11(17,8(2)16)12(13,14)15/h4-8,17H,3,16H2,1-2H3. The van der Waals surface area contributed by atoms with E-state index in [-0.39, 0.29) is 5.56 Å². The van der Waals surface area contributed by atoms with Gasteiger partial charge in [-0.15, -0.1) is 0 Å². The molecule has 2 unspecified atom stereocenters. The first kappa shape index (κ1) is 14.8. The van der Waals surface area contributed by atoms with Gasteiger partial charge >= 0.3 is 6.18 Å². The summed E-state index contributed by atoms with van der Waals surface area (Å²) in [6, 6.07) is 3.61. The van der Waals surface area contributed by atoms with Crippen molar-refractivity contribution < 1.29 is 23.0 Å². The first-order chi connectivity index (χ1) is 8.23. The Bertz CT molecular complexity index is 389. The molecule has 0 aromatic heterocycles. The fourth-order valence-electron chi connectivity index (χ4n) is 1.66. The quantitative estimate of drug-likeness (QED) is 0.875. The van der Waals surface area contributed by atoms with Crippen molar-refractivity contribution in [2.75, 3.05) is 6.61 Å². The lowest BCUT2D eigenvalue weighted by molar-refractivity contribution is -0.272. The highest BCUT2D eigenvalue weighted by Crippen LogP contribution is 2.41. The van der Waals surface area contributed by atoms with Gasteiger partial charge in [0.1, 0.15) is 5.75 Å². The number of benzene rings is 1. The summed E-state index contributed by atoms with van der Waals surface area (Å²) in [5.74, 6) is 0.440. The molecule has 0 heterocycles. The predicted molar refractivity (Wildman–Crippen MR) is 61.2 cm³/mol. The molecule has 1 aromatic rings. The van der Waals surface area contributed by atoms with Crippen molar-refractivity contribution in [1.82, 2.24) is 0 Å². The Labute approximate surface area is 103 Å². The molecule has 0 aliphatic heterocycles. The van der Waals surface area contributed by atoms with Crippen molar-refractivity contribution in [1.29, 1.82) is 0 Å². The molecule has 0 saturated carbocycles. The van der Waals surface area contributed by atoms with E-state index in [2.05, 4.69) is 0 Å². The molecule has 0 aliphatic carbocycles. The molecule has 1 aromatic carbocycles. The van der Waals surface area contributed by atoms with Crippen LogP contribution in [-0.2, 0) is 5.60 Å². The van der Waals surface area contributed by atoms with E-state index in [0.717, 1.165) is 6.92 Å². The summed E-state index contributed by atoms with van der Waals surface area (Å²) >= 11 is 0. The third-order valence-corrected chi connectivity index (χ3v) is 2.70. The molecule has 0 bridgehead atoms. The van der Waals surface area contributed by atoms with Gasteiger partial charge < -0.3 is 15.6 Å². The van der Waals surface area contributed by atoms with E-state index >= 15 is 0 Å². The van der Waals surface area contributed by atoms with Crippen LogP contribution < -0.4 is 10.5 Å². The number of aliphatic hydroxyl groups is 1. The zero-order valence-corrected chi connectivity index (χ0v) is 10.2. The zero-order chi connectivity index (χ0) is 14.0. The Hall–Kier alpha value is -1.27. The second-order valence-corrected chi connectivity index (χ2v) is 4.01. The van der Waals surface area contributed by atoms with Gasteiger partial charge in [-0.2, -0.15) is 13.2 Å². The third kappa shape index (κ3) is 2.59. The minimum absolute atomic E-state index is 0.298. The van der Waals surface area contributed by atoms with Crippen molar-refractivity contribution in [3.05, 3.63) is 29.8 Å². The molecule has 0 spiro atoms. The van der Waals surface area contributed by atoms with Gasteiger partial charge in [-0.3, -0.25) is 0 Å². The topological polar surface area (TPSA) is 55.5 Å². The van der Waals surface area contributed by atoms with Crippen molar-refractivity contribution in [2.45, 2.75) is 31.7 Å². The molecule has 6 heteroatoms. The summed E-state index contributed by atoms with van der Waals surface area (Å²) in [6.07, 6.45) is -4.84. The van der Waals surface area contributed by atoms with Gasteiger partial charge in [0, 0.05) is 6.04 Å². The van der Waals surface area contributed by atoms with Gasteiger partial charge in [-0.1, -0.05) is 12.1 Å². The van der Waals surface area contributed by atoms with Crippen molar-refractivity contribution in [3.63, 3.8) is 0 Å². The molecule has 0 fully saturated rings. The Morgan fingerprint density at radius 1 is 1.28 bits per heavy atom. The molecule has 0 radical (unpaired) electrons. The second kappa shape index (κ2) is 5.16. The number of rotatable bonds is 4. The molecule has 2 atom stereocenters. The molecule has 3 nitrogen and oxygen atoms in total. The van der Waals surface area contributed by atoms with E-state index in [4.69, 9.17) is 10.5 Å². The number of alkyl halides is 3. The number of halogens is 3. The molecular weight excluding hydrogens is 247 g/mol. The molecule has 0 aliphatic rings. The Balaban J connectivity index is 3.16. The average Bonchev–Trinajstić information content (AvgIpc) is 2.27. The van der Waals surface area contributed by atoms with Gasteiger partial charge in [0.2, 0.25) is 5.60 Å². The molecular formula is C12H16F3NO2. The van der Waals surface area contributed by atoms with Gasteiger partial charge in [-0.05, 0) is 31.5 Å². The fraction of sp³-hybridized carbons (Fsp3) is 0.500. The largest absolute Gasteiger partial charge is 0.494 e. The van der Waals surface area contributed by atoms with Crippen LogP contribution in [0.1, 0.15) is 19.4 Å². The lowest BCUT2D eigenvalue weighted by atomic mass is 9.87. The summed E-state index contributed by atoms with van der Waals surface area (Å²) in [5, 5.41) is 9.83. The van der Waals surface area contributed by atoms with Crippen molar-refractivity contribution in [2.24, 2.45) is 5.73 Å². The predicted octanol–water partition coefficient (Wildman–Crippen LogP) is 2.18. The summed E-state index contributed by atoms with van der Waals surface area (Å²) in [6.45, 7) is 3.29. The van der Waals surface area contributed by atoms with Crippen LogP contribution in [0.4, 0.5) is 13.2 Å². The van der Waals surface area contributed by atoms with E-state index in [1.807, 2.05) is 0 Å². The molecule has 102 valence electrons. The Kier molecular flexibility index (Phi) is 4.24. The van der Waals surface area contributed by atoms with Crippen LogP contribution in [0.15, 0.2) is 24.3 Å². The number of hydrogen-bond donors (Lipinski definition) is 2. The highest BCUT2D eigenvalue weighted by Gasteiger charge is 2.57. The van der Waals surface area contributed by atoms with Crippen LogP contribution in [0.5, 0.6) is 5.75 Å². The van der Waals surface area contributed by atoms with Gasteiger partial charge in [-0.25, -0.2) is 0 Å². The lowest BCUT2D eigenvalue weighted by Gasteiger charge is -2.34. The van der Waals surface area contributed by atoms with Crippen LogP contribution in [0.2, 0.25) is 0 Å². The summed E-state index contributed by atoms with van der Waals surface area (Å²) in [4.78, 5) is 0. The van der Waals surface area contributed by atoms with Crippen LogP contribution >= 0.6 is 0 Å². The summed E-state index contributed by atoms with van der Waals surface area (Å²) in [7, 11) is 0. The summed E-state index contributed by atoms with van der Waals surface area (Å²) in [5.41, 5.74) is 1.93. The number of hydrogen-bond acceptors (Lipinski definition) is 3. The fourth-order valence-corrected chi connectivity index (χ4v) is 1.66. The first-order valence-electron chi connectivity index (χ1n) is 5.51. The monoisotopic (exact) mass is 263 g/mol. The third-order valence-electron chi connectivity index (χ3n) is 2.70. The van der Waals surface area contributed by atoms with E-state index in [9.17, 15) is 18.3 Å². The minimum atomic E-state index is -4.84. The average molecular weight is 263 g/mol. The minimum Gasteiger partial charge on any atom is -0.494 e. The molecule has 0 saturated heterocycles. The van der Waals surface area contributed by atoms with Crippen LogP contribution in [0, 0.1) is 0 Å². The number of ether oxygens (including phenoxy) is 1.